The first kappa shape index (κ1) is 8.99. The number of fused-ring (bicyclic) bond motifs is 1. The van der Waals surface area contributed by atoms with Crippen molar-refractivity contribution in [3.8, 4) is 0 Å². The third-order valence-electron chi connectivity index (χ3n) is 2.12. The summed E-state index contributed by atoms with van der Waals surface area (Å²) in [6.45, 7) is 4.31. The zero-order valence-corrected chi connectivity index (χ0v) is 8.44. The summed E-state index contributed by atoms with van der Waals surface area (Å²) >= 11 is 0. The van der Waals surface area contributed by atoms with Gasteiger partial charge in [0.05, 0.1) is 0 Å². The van der Waals surface area contributed by atoms with E-state index in [1.807, 2.05) is 22.6 Å². The van der Waals surface area contributed by atoms with E-state index in [0.29, 0.717) is 11.7 Å². The highest BCUT2D eigenvalue weighted by Crippen LogP contribution is 2.12. The fourth-order valence-corrected chi connectivity index (χ4v) is 1.52. The van der Waals surface area contributed by atoms with Crippen LogP contribution >= 0.6 is 0 Å². The van der Waals surface area contributed by atoms with Crippen LogP contribution in [0, 0.1) is 5.92 Å². The molecule has 0 aliphatic carbocycles. The summed E-state index contributed by atoms with van der Waals surface area (Å²) in [7, 11) is 0. The first-order valence-corrected chi connectivity index (χ1v) is 4.77. The fourth-order valence-electron chi connectivity index (χ4n) is 1.52. The molecular formula is C10H14N4. The number of nitrogens with two attached hydrogens (primary N) is 1. The first-order chi connectivity index (χ1) is 6.68. The summed E-state index contributed by atoms with van der Waals surface area (Å²) in [5, 5.41) is 8.19. The van der Waals surface area contributed by atoms with Crippen LogP contribution in [0.25, 0.3) is 5.65 Å². The highest BCUT2D eigenvalue weighted by Gasteiger charge is 2.08. The largest absolute Gasteiger partial charge is 0.385 e. The Labute approximate surface area is 82.8 Å². The fraction of sp³-hybridized carbons (Fsp3) is 0.400. The summed E-state index contributed by atoms with van der Waals surface area (Å²) < 4.78 is 1.90. The van der Waals surface area contributed by atoms with E-state index in [1.165, 1.54) is 0 Å². The standard InChI is InChI=1S/C10H14N4/c1-7(2)6-10-13-12-9-5-3-4-8(11)14(9)10/h3-5,7H,6,11H2,1-2H3. The lowest BCUT2D eigenvalue weighted by Gasteiger charge is -2.04. The van der Waals surface area contributed by atoms with Gasteiger partial charge in [0.1, 0.15) is 11.6 Å². The van der Waals surface area contributed by atoms with Crippen LogP contribution in [0.1, 0.15) is 19.7 Å². The Morgan fingerprint density at radius 3 is 2.86 bits per heavy atom. The average Bonchev–Trinajstić information content (AvgIpc) is 2.49. The maximum absolute atomic E-state index is 5.86. The molecule has 0 aliphatic heterocycles. The van der Waals surface area contributed by atoms with Crippen LogP contribution in [0.2, 0.25) is 0 Å². The van der Waals surface area contributed by atoms with E-state index in [0.717, 1.165) is 17.9 Å². The predicted octanol–water partition coefficient (Wildman–Crippen LogP) is 1.51. The average molecular weight is 190 g/mol. The van der Waals surface area contributed by atoms with Crippen molar-refractivity contribution < 1.29 is 0 Å². The van der Waals surface area contributed by atoms with E-state index < -0.39 is 0 Å². The van der Waals surface area contributed by atoms with Crippen LogP contribution in [0.15, 0.2) is 18.2 Å². The molecule has 0 saturated carbocycles. The number of aromatic nitrogens is 3. The van der Waals surface area contributed by atoms with Gasteiger partial charge in [-0.05, 0) is 18.1 Å². The Morgan fingerprint density at radius 1 is 1.36 bits per heavy atom. The minimum atomic E-state index is 0.557. The second kappa shape index (κ2) is 3.29. The summed E-state index contributed by atoms with van der Waals surface area (Å²) in [4.78, 5) is 0. The molecule has 4 nitrogen and oxygen atoms in total. The minimum Gasteiger partial charge on any atom is -0.385 e. The Bertz CT molecular complexity index is 444. The van der Waals surface area contributed by atoms with Gasteiger partial charge in [0.15, 0.2) is 5.65 Å². The number of pyridine rings is 1. The number of nitrogens with zero attached hydrogens (tertiary/aromatic N) is 3. The van der Waals surface area contributed by atoms with Crippen LogP contribution in [0.4, 0.5) is 5.82 Å². The highest BCUT2D eigenvalue weighted by atomic mass is 15.3. The summed E-state index contributed by atoms with van der Waals surface area (Å²) in [6, 6.07) is 5.66. The quantitative estimate of drug-likeness (QED) is 0.781. The van der Waals surface area contributed by atoms with E-state index in [4.69, 9.17) is 5.73 Å². The topological polar surface area (TPSA) is 56.2 Å². The lowest BCUT2D eigenvalue weighted by Crippen LogP contribution is -2.04. The monoisotopic (exact) mass is 190 g/mol. The maximum atomic E-state index is 5.86. The lowest BCUT2D eigenvalue weighted by atomic mass is 10.1. The van der Waals surface area contributed by atoms with Crippen molar-refractivity contribution in [2.45, 2.75) is 20.3 Å². The Balaban J connectivity index is 2.55. The molecule has 2 aromatic rings. The second-order valence-electron chi connectivity index (χ2n) is 3.86. The number of anilines is 1. The van der Waals surface area contributed by atoms with Gasteiger partial charge in [-0.3, -0.25) is 4.40 Å². The summed E-state index contributed by atoms with van der Waals surface area (Å²) in [6.07, 6.45) is 0.898. The zero-order chi connectivity index (χ0) is 10.1. The zero-order valence-electron chi connectivity index (χ0n) is 8.44. The van der Waals surface area contributed by atoms with Gasteiger partial charge >= 0.3 is 0 Å². The third-order valence-corrected chi connectivity index (χ3v) is 2.12. The van der Waals surface area contributed by atoms with Crippen LogP contribution in [0.3, 0.4) is 0 Å². The molecule has 2 heterocycles. The molecule has 0 atom stereocenters. The van der Waals surface area contributed by atoms with Gasteiger partial charge in [-0.15, -0.1) is 10.2 Å². The molecule has 14 heavy (non-hydrogen) atoms. The second-order valence-corrected chi connectivity index (χ2v) is 3.86. The number of hydrogen-bond donors (Lipinski definition) is 1. The minimum absolute atomic E-state index is 0.557. The molecule has 0 fully saturated rings. The molecule has 0 unspecified atom stereocenters. The number of rotatable bonds is 2. The van der Waals surface area contributed by atoms with E-state index >= 15 is 0 Å². The van der Waals surface area contributed by atoms with Crippen molar-refractivity contribution in [1.82, 2.24) is 14.6 Å². The van der Waals surface area contributed by atoms with Crippen LogP contribution < -0.4 is 5.73 Å². The van der Waals surface area contributed by atoms with Crippen LogP contribution in [0.5, 0.6) is 0 Å². The van der Waals surface area contributed by atoms with Crippen molar-refractivity contribution in [3.05, 3.63) is 24.0 Å². The van der Waals surface area contributed by atoms with Gasteiger partial charge in [0.2, 0.25) is 0 Å². The Morgan fingerprint density at radius 2 is 2.14 bits per heavy atom. The molecule has 0 bridgehead atoms. The van der Waals surface area contributed by atoms with Crippen LogP contribution in [-0.4, -0.2) is 14.6 Å². The van der Waals surface area contributed by atoms with Gasteiger partial charge in [0.25, 0.3) is 0 Å². The van der Waals surface area contributed by atoms with Crippen molar-refractivity contribution in [1.29, 1.82) is 0 Å². The van der Waals surface area contributed by atoms with Crippen molar-refractivity contribution in [3.63, 3.8) is 0 Å². The Kier molecular flexibility index (Phi) is 2.11. The van der Waals surface area contributed by atoms with Crippen molar-refractivity contribution >= 4 is 11.5 Å². The molecule has 2 aromatic heterocycles. The summed E-state index contributed by atoms with van der Waals surface area (Å²) in [5.74, 6) is 2.19. The van der Waals surface area contributed by atoms with E-state index in [1.54, 1.807) is 0 Å². The van der Waals surface area contributed by atoms with Gasteiger partial charge in [-0.25, -0.2) is 0 Å². The Hall–Kier alpha value is -1.58. The SMILES string of the molecule is CC(C)Cc1nnc2cccc(N)n12. The molecule has 0 aliphatic rings. The lowest BCUT2D eigenvalue weighted by molar-refractivity contribution is 0.617. The van der Waals surface area contributed by atoms with Gasteiger partial charge in [0, 0.05) is 6.42 Å². The van der Waals surface area contributed by atoms with E-state index in [-0.39, 0.29) is 0 Å². The smallest absolute Gasteiger partial charge is 0.162 e. The molecule has 0 spiro atoms. The number of hydrogen-bond acceptors (Lipinski definition) is 3. The van der Waals surface area contributed by atoms with Gasteiger partial charge < -0.3 is 5.73 Å². The number of nitrogen functional groups attached to an aromatic ring is 1. The van der Waals surface area contributed by atoms with Gasteiger partial charge in [-0.2, -0.15) is 0 Å². The molecule has 0 amide bonds. The molecule has 4 heteroatoms. The maximum Gasteiger partial charge on any atom is 0.162 e. The molecule has 0 radical (unpaired) electrons. The molecule has 0 aromatic carbocycles. The van der Waals surface area contributed by atoms with Crippen molar-refractivity contribution in [2.75, 3.05) is 5.73 Å². The normalized spacial score (nSPS) is 11.4. The van der Waals surface area contributed by atoms with E-state index in [2.05, 4.69) is 24.0 Å². The molecule has 74 valence electrons. The predicted molar refractivity (Wildman–Crippen MR) is 55.9 cm³/mol. The first-order valence-electron chi connectivity index (χ1n) is 4.77. The van der Waals surface area contributed by atoms with Gasteiger partial charge in [-0.1, -0.05) is 19.9 Å². The third kappa shape index (κ3) is 1.43. The molecule has 0 saturated heterocycles. The molecular weight excluding hydrogens is 176 g/mol. The van der Waals surface area contributed by atoms with Crippen LogP contribution in [-0.2, 0) is 6.42 Å². The highest BCUT2D eigenvalue weighted by molar-refractivity contribution is 5.47. The molecule has 2 N–H and O–H groups in total. The molecule has 2 rings (SSSR count). The summed E-state index contributed by atoms with van der Waals surface area (Å²) in [5.41, 5.74) is 6.68. The van der Waals surface area contributed by atoms with Crippen molar-refractivity contribution in [2.24, 2.45) is 5.92 Å². The van der Waals surface area contributed by atoms with E-state index in [9.17, 15) is 0 Å².